The first kappa shape index (κ1) is 27.7. The minimum absolute atomic E-state index is 0.0153. The Morgan fingerprint density at radius 1 is 1.02 bits per heavy atom. The number of halogens is 1. The summed E-state index contributed by atoms with van der Waals surface area (Å²) in [5.74, 6) is -0.378. The molecule has 1 aromatic rings. The maximum Gasteiger partial charge on any atom is 0.410 e. The second-order valence-electron chi connectivity index (χ2n) is 13.0. The van der Waals surface area contributed by atoms with Crippen molar-refractivity contribution in [2.24, 2.45) is 11.1 Å². The molecule has 3 aliphatic carbocycles. The molecular weight excluding hydrogens is 534 g/mol. The summed E-state index contributed by atoms with van der Waals surface area (Å²) < 4.78 is 18.1. The number of fused-ring (bicyclic) bond motifs is 1. The zero-order valence-electron chi connectivity index (χ0n) is 23.8. The van der Waals surface area contributed by atoms with Crippen LogP contribution in [0.3, 0.4) is 0 Å². The summed E-state index contributed by atoms with van der Waals surface area (Å²) in [5.41, 5.74) is 6.96. The number of ether oxygens (including phenoxy) is 3. The highest BCUT2D eigenvalue weighted by atomic mass is 35.5. The Morgan fingerprint density at radius 2 is 1.73 bits per heavy atom. The molecule has 3 heterocycles. The molecule has 11 heteroatoms. The summed E-state index contributed by atoms with van der Waals surface area (Å²) in [5, 5.41) is 0.0153. The molecule has 0 aromatic carbocycles. The van der Waals surface area contributed by atoms with Gasteiger partial charge in [0.05, 0.1) is 24.2 Å². The number of aromatic nitrogens is 2. The van der Waals surface area contributed by atoms with E-state index in [9.17, 15) is 9.59 Å². The molecule has 6 rings (SSSR count). The molecule has 2 aliphatic heterocycles. The lowest BCUT2D eigenvalue weighted by Crippen LogP contribution is -2.58. The van der Waals surface area contributed by atoms with E-state index in [4.69, 9.17) is 31.5 Å². The fourth-order valence-electron chi connectivity index (χ4n) is 7.29. The van der Waals surface area contributed by atoms with E-state index in [1.54, 1.807) is 6.07 Å². The maximum absolute atomic E-state index is 14.0. The molecule has 2 saturated heterocycles. The van der Waals surface area contributed by atoms with Crippen molar-refractivity contribution in [3.63, 3.8) is 0 Å². The number of piperazine rings is 1. The van der Waals surface area contributed by atoms with Crippen LogP contribution in [0.25, 0.3) is 0 Å². The first-order chi connectivity index (χ1) is 19.0. The van der Waals surface area contributed by atoms with Crippen LogP contribution in [0.4, 0.5) is 10.6 Å². The molecule has 1 amide bonds. The van der Waals surface area contributed by atoms with E-state index < -0.39 is 16.8 Å². The number of hydrogen-bond donors (Lipinski definition) is 1. The van der Waals surface area contributed by atoms with Crippen LogP contribution in [0.5, 0.6) is 0 Å². The third-order valence-corrected chi connectivity index (χ3v) is 9.49. The third-order valence-electron chi connectivity index (χ3n) is 9.32. The van der Waals surface area contributed by atoms with Gasteiger partial charge < -0.3 is 24.8 Å². The van der Waals surface area contributed by atoms with Gasteiger partial charge in [-0.2, -0.15) is 0 Å². The topological polar surface area (TPSA) is 120 Å². The van der Waals surface area contributed by atoms with Gasteiger partial charge in [-0.3, -0.25) is 9.69 Å². The SMILES string of the molecule is CC(C)(C)OC(=O)N1CCN(c2cc(C(=O)C3=C(N)[C@]4(CCCCC45OCCO5)CCC3)nc(Cl)n2)CC12CC2. The van der Waals surface area contributed by atoms with Gasteiger partial charge in [-0.15, -0.1) is 0 Å². The number of Topliss-reactive ketones (excluding diaryl/α,β-unsaturated/α-hetero) is 1. The Labute approximate surface area is 240 Å². The van der Waals surface area contributed by atoms with Crippen LogP contribution in [-0.2, 0) is 14.2 Å². The Balaban J connectivity index is 1.26. The number of carbonyl (C=O) groups excluding carboxylic acids is 2. The first-order valence-electron chi connectivity index (χ1n) is 14.6. The van der Waals surface area contributed by atoms with Gasteiger partial charge in [0, 0.05) is 43.4 Å². The van der Waals surface area contributed by atoms with Crippen LogP contribution in [-0.4, -0.2) is 76.5 Å². The van der Waals surface area contributed by atoms with Gasteiger partial charge in [0.2, 0.25) is 11.1 Å². The fourth-order valence-corrected chi connectivity index (χ4v) is 7.47. The van der Waals surface area contributed by atoms with Crippen molar-refractivity contribution in [1.29, 1.82) is 0 Å². The van der Waals surface area contributed by atoms with E-state index in [1.807, 2.05) is 25.7 Å². The number of nitrogens with two attached hydrogens (primary N) is 1. The lowest BCUT2D eigenvalue weighted by molar-refractivity contribution is -0.248. The van der Waals surface area contributed by atoms with Crippen molar-refractivity contribution in [2.45, 2.75) is 95.5 Å². The molecule has 2 saturated carbocycles. The minimum Gasteiger partial charge on any atom is -0.444 e. The Kier molecular flexibility index (Phi) is 6.82. The highest BCUT2D eigenvalue weighted by Crippen LogP contribution is 2.58. The summed E-state index contributed by atoms with van der Waals surface area (Å²) >= 11 is 6.39. The van der Waals surface area contributed by atoms with Gasteiger partial charge in [-0.05, 0) is 77.3 Å². The van der Waals surface area contributed by atoms with Gasteiger partial charge in [0.25, 0.3) is 0 Å². The third kappa shape index (κ3) is 4.65. The number of ketones is 1. The molecule has 218 valence electrons. The number of carbonyl (C=O) groups is 2. The summed E-state index contributed by atoms with van der Waals surface area (Å²) in [6.07, 6.45) is 7.43. The lowest BCUT2D eigenvalue weighted by atomic mass is 9.60. The number of amides is 1. The zero-order valence-corrected chi connectivity index (χ0v) is 24.5. The van der Waals surface area contributed by atoms with Crippen molar-refractivity contribution in [3.05, 3.63) is 28.3 Å². The fraction of sp³-hybridized carbons (Fsp3) is 0.724. The normalized spacial score (nSPS) is 27.5. The molecule has 4 fully saturated rings. The lowest BCUT2D eigenvalue weighted by Gasteiger charge is -2.52. The highest BCUT2D eigenvalue weighted by molar-refractivity contribution is 6.28. The summed E-state index contributed by atoms with van der Waals surface area (Å²) in [6, 6.07) is 1.72. The van der Waals surface area contributed by atoms with Gasteiger partial charge in [-0.25, -0.2) is 14.8 Å². The Bertz CT molecular complexity index is 1240. The summed E-state index contributed by atoms with van der Waals surface area (Å²) in [4.78, 5) is 39.6. The van der Waals surface area contributed by atoms with Gasteiger partial charge >= 0.3 is 6.09 Å². The Morgan fingerprint density at radius 3 is 2.42 bits per heavy atom. The molecule has 0 radical (unpaired) electrons. The smallest absolute Gasteiger partial charge is 0.410 e. The number of allylic oxidation sites excluding steroid dienone is 1. The van der Waals surface area contributed by atoms with Crippen molar-refractivity contribution in [1.82, 2.24) is 14.9 Å². The second-order valence-corrected chi connectivity index (χ2v) is 13.3. The number of hydrogen-bond acceptors (Lipinski definition) is 9. The van der Waals surface area contributed by atoms with E-state index in [0.29, 0.717) is 56.4 Å². The Hall–Kier alpha value is -2.43. The van der Waals surface area contributed by atoms with Gasteiger partial charge in [0.15, 0.2) is 5.79 Å². The monoisotopic (exact) mass is 573 g/mol. The van der Waals surface area contributed by atoms with Gasteiger partial charge in [-0.1, -0.05) is 6.42 Å². The average Bonchev–Trinajstić information content (AvgIpc) is 3.49. The first-order valence-corrected chi connectivity index (χ1v) is 15.0. The predicted octanol–water partition coefficient (Wildman–Crippen LogP) is 4.60. The minimum atomic E-state index is -0.748. The summed E-state index contributed by atoms with van der Waals surface area (Å²) in [6.45, 7) is 8.37. The van der Waals surface area contributed by atoms with Crippen LogP contribution >= 0.6 is 11.6 Å². The molecule has 40 heavy (non-hydrogen) atoms. The second kappa shape index (κ2) is 9.84. The van der Waals surface area contributed by atoms with Crippen LogP contribution < -0.4 is 10.6 Å². The van der Waals surface area contributed by atoms with E-state index in [0.717, 1.165) is 51.4 Å². The highest BCUT2D eigenvalue weighted by Gasteiger charge is 2.60. The van der Waals surface area contributed by atoms with E-state index in [-0.39, 0.29) is 28.4 Å². The van der Waals surface area contributed by atoms with Crippen LogP contribution in [0.1, 0.15) is 89.0 Å². The molecule has 1 aromatic heterocycles. The van der Waals surface area contributed by atoms with Crippen molar-refractivity contribution < 1.29 is 23.8 Å². The van der Waals surface area contributed by atoms with Gasteiger partial charge in [0.1, 0.15) is 17.1 Å². The maximum atomic E-state index is 14.0. The molecule has 0 unspecified atom stereocenters. The molecular formula is C29H40ClN5O5. The van der Waals surface area contributed by atoms with E-state index in [1.165, 1.54) is 0 Å². The van der Waals surface area contributed by atoms with Crippen molar-refractivity contribution in [3.8, 4) is 0 Å². The number of rotatable bonds is 3. The molecule has 5 aliphatic rings. The summed E-state index contributed by atoms with van der Waals surface area (Å²) in [7, 11) is 0. The molecule has 10 nitrogen and oxygen atoms in total. The molecule has 0 bridgehead atoms. The average molecular weight is 574 g/mol. The van der Waals surface area contributed by atoms with E-state index >= 15 is 0 Å². The quantitative estimate of drug-likeness (QED) is 0.408. The molecule has 1 atom stereocenters. The standard InChI is InChI=1S/C29H40ClN5O5/c1-26(2,3)40-25(37)35-14-13-34(18-27(35)11-12-27)21-17-20(32-24(30)33-21)22(36)19-7-6-9-28(23(19)31)8-4-5-10-29(28)38-15-16-39-29/h17H,4-16,18,31H2,1-3H3/t28-/m0/s1. The van der Waals surface area contributed by atoms with Crippen LogP contribution in [0.15, 0.2) is 17.3 Å². The zero-order chi connectivity index (χ0) is 28.3. The largest absolute Gasteiger partial charge is 0.444 e. The van der Waals surface area contributed by atoms with E-state index in [2.05, 4.69) is 14.9 Å². The van der Waals surface area contributed by atoms with Crippen LogP contribution in [0, 0.1) is 5.41 Å². The number of nitrogens with zero attached hydrogens (tertiary/aromatic N) is 4. The molecule has 2 N–H and O–H groups in total. The van der Waals surface area contributed by atoms with Crippen molar-refractivity contribution in [2.75, 3.05) is 37.7 Å². The van der Waals surface area contributed by atoms with Crippen LogP contribution in [0.2, 0.25) is 5.28 Å². The predicted molar refractivity (Wildman–Crippen MR) is 149 cm³/mol. The number of anilines is 1. The molecule has 3 spiro atoms. The van der Waals surface area contributed by atoms with Crippen molar-refractivity contribution >= 4 is 29.3 Å².